The quantitative estimate of drug-likeness (QED) is 0.147. The van der Waals surface area contributed by atoms with E-state index in [1.54, 1.807) is 0 Å². The Morgan fingerprint density at radius 1 is 0.865 bits per heavy atom. The summed E-state index contributed by atoms with van der Waals surface area (Å²) in [6.45, 7) is 15.8. The maximum Gasteiger partial charge on any atom is 0.129 e. The zero-order chi connectivity index (χ0) is 26.6. The van der Waals surface area contributed by atoms with Crippen LogP contribution < -0.4 is 4.74 Å². The fourth-order valence-corrected chi connectivity index (χ4v) is 4.75. The van der Waals surface area contributed by atoms with Crippen molar-refractivity contribution in [3.8, 4) is 11.4 Å². The van der Waals surface area contributed by atoms with E-state index in [4.69, 9.17) is 9.47 Å². The molecule has 1 radical (unpaired) electrons. The van der Waals surface area contributed by atoms with Crippen LogP contribution in [-0.2, 0) is 16.8 Å². The van der Waals surface area contributed by atoms with Gasteiger partial charge in [-0.3, -0.25) is 0 Å². The summed E-state index contributed by atoms with van der Waals surface area (Å²) in [5.41, 5.74) is 4.09. The van der Waals surface area contributed by atoms with Crippen molar-refractivity contribution in [3.63, 3.8) is 0 Å². The van der Waals surface area contributed by atoms with E-state index < -0.39 is 8.80 Å². The average molecular weight is 517 g/mol. The highest BCUT2D eigenvalue weighted by Crippen LogP contribution is 2.39. The van der Waals surface area contributed by atoms with Crippen LogP contribution in [0.5, 0.6) is 5.75 Å². The predicted molar refractivity (Wildman–Crippen MR) is 154 cm³/mol. The van der Waals surface area contributed by atoms with Gasteiger partial charge in [0.1, 0.15) is 18.2 Å². The second-order valence-corrected chi connectivity index (χ2v) is 14.7. The molecule has 0 spiro atoms. The van der Waals surface area contributed by atoms with Crippen LogP contribution in [0.15, 0.2) is 78.9 Å². The van der Waals surface area contributed by atoms with Gasteiger partial charge in [-0.15, -0.1) is 0 Å². The van der Waals surface area contributed by atoms with Gasteiger partial charge < -0.3 is 14.0 Å². The Kier molecular flexibility index (Phi) is 8.25. The highest BCUT2D eigenvalue weighted by Gasteiger charge is 2.29. The minimum absolute atomic E-state index is 0.180. The number of ether oxygens (including phenoxy) is 2. The summed E-state index contributed by atoms with van der Waals surface area (Å²) in [6.07, 6.45) is 0.871. The molecule has 0 bridgehead atoms. The van der Waals surface area contributed by atoms with Crippen molar-refractivity contribution < 1.29 is 13.9 Å². The van der Waals surface area contributed by atoms with E-state index in [0.29, 0.717) is 13.2 Å². The van der Waals surface area contributed by atoms with Crippen LogP contribution in [0.4, 0.5) is 4.39 Å². The molecule has 1 heterocycles. The number of hydrogen-bond acceptors (Lipinski definition) is 2. The maximum absolute atomic E-state index is 13.8. The van der Waals surface area contributed by atoms with Gasteiger partial charge in [-0.25, -0.2) is 4.39 Å². The summed E-state index contributed by atoms with van der Waals surface area (Å²) < 4.78 is 28.6. The van der Waals surface area contributed by atoms with Gasteiger partial charge in [0, 0.05) is 35.4 Å². The highest BCUT2D eigenvalue weighted by atomic mass is 28.3. The summed E-state index contributed by atoms with van der Waals surface area (Å²) in [5, 5.41) is 1.29. The lowest BCUT2D eigenvalue weighted by atomic mass is 9.85. The second-order valence-electron chi connectivity index (χ2n) is 11.4. The van der Waals surface area contributed by atoms with Crippen LogP contribution in [0, 0.1) is 5.82 Å². The molecule has 4 aromatic rings. The first-order valence-corrected chi connectivity index (χ1v) is 15.5. The zero-order valence-corrected chi connectivity index (χ0v) is 24.0. The fourth-order valence-electron chi connectivity index (χ4n) is 4.36. The molecule has 0 fully saturated rings. The molecule has 0 N–H and O–H groups in total. The highest BCUT2D eigenvalue weighted by molar-refractivity contribution is 6.59. The number of nitrogens with zero attached hydrogens (tertiary/aromatic N) is 1. The molecule has 0 aliphatic carbocycles. The summed E-state index contributed by atoms with van der Waals surface area (Å²) >= 11 is 0. The smallest absolute Gasteiger partial charge is 0.129 e. The molecular formula is C32H39FNO2Si. The van der Waals surface area contributed by atoms with E-state index >= 15 is 0 Å². The number of rotatable bonds is 11. The van der Waals surface area contributed by atoms with Crippen molar-refractivity contribution in [1.82, 2.24) is 4.57 Å². The molecule has 0 saturated carbocycles. The number of hydrogen-bond donors (Lipinski definition) is 0. The van der Waals surface area contributed by atoms with Gasteiger partial charge in [-0.05, 0) is 59.5 Å². The largest absolute Gasteiger partial charge is 0.488 e. The van der Waals surface area contributed by atoms with Crippen molar-refractivity contribution in [1.29, 1.82) is 0 Å². The predicted octanol–water partition coefficient (Wildman–Crippen LogP) is 8.57. The Labute approximate surface area is 222 Å². The number of fused-ring (bicyclic) bond motifs is 1. The average Bonchev–Trinajstić information content (AvgIpc) is 3.28. The van der Waals surface area contributed by atoms with Gasteiger partial charge in [-0.1, -0.05) is 77.2 Å². The summed E-state index contributed by atoms with van der Waals surface area (Å²) in [5.74, 6) is 0.606. The van der Waals surface area contributed by atoms with Gasteiger partial charge in [0.05, 0.1) is 14.3 Å². The molecule has 0 saturated heterocycles. The molecular weight excluding hydrogens is 477 g/mol. The van der Waals surface area contributed by atoms with E-state index in [1.165, 1.54) is 12.1 Å². The van der Waals surface area contributed by atoms with E-state index in [0.717, 1.165) is 46.6 Å². The van der Waals surface area contributed by atoms with Crippen molar-refractivity contribution in [3.05, 3.63) is 95.9 Å². The van der Waals surface area contributed by atoms with Crippen molar-refractivity contribution in [2.45, 2.75) is 64.3 Å². The topological polar surface area (TPSA) is 23.4 Å². The zero-order valence-electron chi connectivity index (χ0n) is 23.0. The van der Waals surface area contributed by atoms with Gasteiger partial charge in [-0.2, -0.15) is 0 Å². The third kappa shape index (κ3) is 6.34. The maximum atomic E-state index is 13.8. The molecule has 0 amide bonds. The molecule has 1 aromatic heterocycles. The SMILES string of the molecule is C[Si](C)C(C)(C)COCCC(C)(C)c1cc2c(OCc3ccccc3)cccc2n1-c1ccc(F)cc1. The first-order chi connectivity index (χ1) is 17.6. The lowest BCUT2D eigenvalue weighted by molar-refractivity contribution is 0.0990. The summed E-state index contributed by atoms with van der Waals surface area (Å²) in [4.78, 5) is 0. The van der Waals surface area contributed by atoms with Gasteiger partial charge in [0.2, 0.25) is 0 Å². The van der Waals surface area contributed by atoms with Gasteiger partial charge in [0.15, 0.2) is 0 Å². The Bertz CT molecular complexity index is 1310. The summed E-state index contributed by atoms with van der Waals surface area (Å²) in [7, 11) is -0.445. The van der Waals surface area contributed by atoms with E-state index in [9.17, 15) is 4.39 Å². The summed E-state index contributed by atoms with van der Waals surface area (Å²) in [6, 6.07) is 25.3. The molecule has 0 unspecified atom stereocenters. The monoisotopic (exact) mass is 516 g/mol. The van der Waals surface area contributed by atoms with Crippen LogP contribution >= 0.6 is 0 Å². The minimum Gasteiger partial charge on any atom is -0.488 e. The van der Waals surface area contributed by atoms with Crippen LogP contribution in [0.25, 0.3) is 16.6 Å². The lowest BCUT2D eigenvalue weighted by Gasteiger charge is -2.30. The molecule has 195 valence electrons. The molecule has 3 aromatic carbocycles. The molecule has 37 heavy (non-hydrogen) atoms. The first kappa shape index (κ1) is 27.1. The molecule has 3 nitrogen and oxygen atoms in total. The van der Waals surface area contributed by atoms with Crippen molar-refractivity contribution >= 4 is 19.7 Å². The third-order valence-electron chi connectivity index (χ3n) is 7.51. The third-order valence-corrected chi connectivity index (χ3v) is 10.4. The van der Waals surface area contributed by atoms with Crippen molar-refractivity contribution in [2.75, 3.05) is 13.2 Å². The fraction of sp³-hybridized carbons (Fsp3) is 0.375. The minimum atomic E-state index is -0.445. The second kappa shape index (κ2) is 11.2. The lowest BCUT2D eigenvalue weighted by Crippen LogP contribution is -2.28. The molecule has 4 rings (SSSR count). The van der Waals surface area contributed by atoms with Crippen LogP contribution in [0.3, 0.4) is 0 Å². The number of aromatic nitrogens is 1. The Balaban J connectivity index is 1.67. The number of benzene rings is 3. The molecule has 0 aliphatic heterocycles. The van der Waals surface area contributed by atoms with E-state index in [-0.39, 0.29) is 16.3 Å². The van der Waals surface area contributed by atoms with E-state index in [2.05, 4.69) is 69.6 Å². The van der Waals surface area contributed by atoms with Crippen LogP contribution in [-0.4, -0.2) is 26.6 Å². The molecule has 0 atom stereocenters. The Morgan fingerprint density at radius 3 is 2.24 bits per heavy atom. The molecule has 5 heteroatoms. The van der Waals surface area contributed by atoms with Crippen LogP contribution in [0.2, 0.25) is 18.1 Å². The van der Waals surface area contributed by atoms with E-state index in [1.807, 2.05) is 42.5 Å². The first-order valence-electron chi connectivity index (χ1n) is 13.0. The van der Waals surface area contributed by atoms with Gasteiger partial charge in [0.25, 0.3) is 0 Å². The van der Waals surface area contributed by atoms with Gasteiger partial charge >= 0.3 is 0 Å². The van der Waals surface area contributed by atoms with Crippen LogP contribution in [0.1, 0.15) is 45.4 Å². The Morgan fingerprint density at radius 2 is 1.57 bits per heavy atom. The van der Waals surface area contributed by atoms with Crippen molar-refractivity contribution in [2.24, 2.45) is 0 Å². The Hall–Kier alpha value is -2.89. The number of halogens is 1. The molecule has 0 aliphatic rings. The normalized spacial score (nSPS) is 12.4. The standard InChI is InChI=1S/C32H39FNO2Si/c1-31(2,19-20-35-23-32(3,4)37(5)6)30-21-27-28(34(30)26-17-15-25(33)16-18-26)13-10-14-29(27)36-22-24-11-8-7-9-12-24/h7-18,21H,19-20,22-23H2,1-6H3.